The molecular weight excluding hydrogens is 312 g/mol. The number of hydrogen-bond donors (Lipinski definition) is 1. The van der Waals surface area contributed by atoms with Gasteiger partial charge in [0.15, 0.2) is 5.69 Å². The van der Waals surface area contributed by atoms with Crippen molar-refractivity contribution in [2.24, 2.45) is 0 Å². The molecule has 0 saturated heterocycles. The quantitative estimate of drug-likeness (QED) is 0.780. The Morgan fingerprint density at radius 1 is 1.17 bits per heavy atom. The van der Waals surface area contributed by atoms with Crippen LogP contribution in [-0.4, -0.2) is 10.9 Å². The summed E-state index contributed by atoms with van der Waals surface area (Å²) in [5.74, 6) is 0.664. The van der Waals surface area contributed by atoms with E-state index < -0.39 is 0 Å². The summed E-state index contributed by atoms with van der Waals surface area (Å²) in [7, 11) is 0. The zero-order chi connectivity index (χ0) is 16.2. The molecule has 0 fully saturated rings. The van der Waals surface area contributed by atoms with E-state index in [1.165, 1.54) is 0 Å². The Balaban J connectivity index is 1.74. The maximum atomic E-state index is 12.3. The van der Waals surface area contributed by atoms with E-state index in [1.807, 2.05) is 48.5 Å². The van der Waals surface area contributed by atoms with Gasteiger partial charge in [0.25, 0.3) is 5.91 Å². The molecule has 4 nitrogen and oxygen atoms in total. The number of benzene rings is 2. The lowest BCUT2D eigenvalue weighted by atomic mass is 10.2. The first-order valence-electron chi connectivity index (χ1n) is 7.19. The SMILES string of the molecule is Cc1oc(-c2ccccc2)nc1C(=O)NCc1cccc(Cl)c1. The van der Waals surface area contributed by atoms with Gasteiger partial charge in [-0.15, -0.1) is 0 Å². The van der Waals surface area contributed by atoms with Gasteiger partial charge in [-0.2, -0.15) is 0 Å². The predicted molar refractivity (Wildman–Crippen MR) is 89.3 cm³/mol. The second kappa shape index (κ2) is 6.67. The topological polar surface area (TPSA) is 55.1 Å². The molecule has 0 aliphatic carbocycles. The smallest absolute Gasteiger partial charge is 0.273 e. The van der Waals surface area contributed by atoms with Crippen molar-refractivity contribution in [3.8, 4) is 11.5 Å². The van der Waals surface area contributed by atoms with Gasteiger partial charge in [-0.3, -0.25) is 4.79 Å². The first kappa shape index (κ1) is 15.3. The lowest BCUT2D eigenvalue weighted by Crippen LogP contribution is -2.23. The van der Waals surface area contributed by atoms with E-state index in [-0.39, 0.29) is 5.91 Å². The molecule has 5 heteroatoms. The van der Waals surface area contributed by atoms with Crippen molar-refractivity contribution in [1.82, 2.24) is 10.3 Å². The summed E-state index contributed by atoms with van der Waals surface area (Å²) < 4.78 is 5.60. The zero-order valence-corrected chi connectivity index (χ0v) is 13.3. The number of aryl methyl sites for hydroxylation is 1. The monoisotopic (exact) mass is 326 g/mol. The molecular formula is C18H15ClN2O2. The molecule has 0 radical (unpaired) electrons. The second-order valence-electron chi connectivity index (χ2n) is 5.10. The van der Waals surface area contributed by atoms with Crippen LogP contribution in [0, 0.1) is 6.92 Å². The molecule has 3 rings (SSSR count). The van der Waals surface area contributed by atoms with E-state index >= 15 is 0 Å². The number of carbonyl (C=O) groups excluding carboxylic acids is 1. The first-order chi connectivity index (χ1) is 11.1. The Hall–Kier alpha value is -2.59. The van der Waals surface area contributed by atoms with E-state index in [4.69, 9.17) is 16.0 Å². The van der Waals surface area contributed by atoms with Gasteiger partial charge in [0.1, 0.15) is 5.76 Å². The molecule has 0 unspecified atom stereocenters. The summed E-state index contributed by atoms with van der Waals surface area (Å²) in [5, 5.41) is 3.47. The third-order valence-electron chi connectivity index (χ3n) is 3.37. The van der Waals surface area contributed by atoms with Crippen LogP contribution in [0.4, 0.5) is 0 Å². The van der Waals surface area contributed by atoms with Crippen molar-refractivity contribution in [3.05, 3.63) is 76.6 Å². The maximum Gasteiger partial charge on any atom is 0.273 e. The maximum absolute atomic E-state index is 12.3. The van der Waals surface area contributed by atoms with Gasteiger partial charge >= 0.3 is 0 Å². The van der Waals surface area contributed by atoms with Crippen molar-refractivity contribution in [1.29, 1.82) is 0 Å². The van der Waals surface area contributed by atoms with Crippen LogP contribution in [0.3, 0.4) is 0 Å². The average molecular weight is 327 g/mol. The molecule has 1 amide bonds. The Morgan fingerprint density at radius 2 is 1.96 bits per heavy atom. The molecule has 2 aromatic carbocycles. The Morgan fingerprint density at radius 3 is 2.70 bits per heavy atom. The summed E-state index contributed by atoms with van der Waals surface area (Å²) in [5.41, 5.74) is 2.06. The summed E-state index contributed by atoms with van der Waals surface area (Å²) >= 11 is 5.93. The lowest BCUT2D eigenvalue weighted by Gasteiger charge is -2.04. The van der Waals surface area contributed by atoms with E-state index in [9.17, 15) is 4.79 Å². The average Bonchev–Trinajstić information content (AvgIpc) is 2.95. The highest BCUT2D eigenvalue weighted by molar-refractivity contribution is 6.30. The van der Waals surface area contributed by atoms with Crippen LogP contribution in [0.15, 0.2) is 59.0 Å². The highest BCUT2D eigenvalue weighted by Gasteiger charge is 2.17. The number of amides is 1. The minimum Gasteiger partial charge on any atom is -0.441 e. The van der Waals surface area contributed by atoms with Gasteiger partial charge in [-0.1, -0.05) is 41.9 Å². The Bertz CT molecular complexity index is 828. The lowest BCUT2D eigenvalue weighted by molar-refractivity contribution is 0.0945. The molecule has 0 atom stereocenters. The number of hydrogen-bond acceptors (Lipinski definition) is 3. The fourth-order valence-corrected chi connectivity index (χ4v) is 2.44. The van der Waals surface area contributed by atoms with Crippen molar-refractivity contribution in [2.75, 3.05) is 0 Å². The third kappa shape index (κ3) is 3.60. The summed E-state index contributed by atoms with van der Waals surface area (Å²) in [6, 6.07) is 16.8. The summed E-state index contributed by atoms with van der Waals surface area (Å²) in [4.78, 5) is 16.6. The fourth-order valence-electron chi connectivity index (χ4n) is 2.22. The van der Waals surface area contributed by atoms with E-state index in [2.05, 4.69) is 10.3 Å². The van der Waals surface area contributed by atoms with Crippen LogP contribution >= 0.6 is 11.6 Å². The Kier molecular flexibility index (Phi) is 4.44. The van der Waals surface area contributed by atoms with Gasteiger partial charge in [-0.05, 0) is 36.8 Å². The number of aromatic nitrogens is 1. The molecule has 1 aromatic heterocycles. The van der Waals surface area contributed by atoms with Crippen molar-refractivity contribution < 1.29 is 9.21 Å². The minimum atomic E-state index is -0.270. The Labute approximate surface area is 139 Å². The van der Waals surface area contributed by atoms with Crippen molar-refractivity contribution >= 4 is 17.5 Å². The van der Waals surface area contributed by atoms with E-state index in [0.717, 1.165) is 11.1 Å². The summed E-state index contributed by atoms with van der Waals surface area (Å²) in [6.45, 7) is 2.11. The zero-order valence-electron chi connectivity index (χ0n) is 12.5. The number of carbonyl (C=O) groups is 1. The van der Waals surface area contributed by atoms with Crippen LogP contribution in [0.5, 0.6) is 0 Å². The van der Waals surface area contributed by atoms with E-state index in [1.54, 1.807) is 13.0 Å². The molecule has 0 spiro atoms. The van der Waals surface area contributed by atoms with Gasteiger partial charge in [0.2, 0.25) is 5.89 Å². The highest BCUT2D eigenvalue weighted by Crippen LogP contribution is 2.21. The molecule has 23 heavy (non-hydrogen) atoms. The van der Waals surface area contributed by atoms with E-state index in [0.29, 0.717) is 28.9 Å². The molecule has 116 valence electrons. The van der Waals surface area contributed by atoms with Crippen LogP contribution in [0.2, 0.25) is 5.02 Å². The number of nitrogens with one attached hydrogen (secondary N) is 1. The van der Waals surface area contributed by atoms with Crippen molar-refractivity contribution in [3.63, 3.8) is 0 Å². The van der Waals surface area contributed by atoms with Gasteiger partial charge in [0.05, 0.1) is 0 Å². The predicted octanol–water partition coefficient (Wildman–Crippen LogP) is 4.23. The van der Waals surface area contributed by atoms with Gasteiger partial charge in [-0.25, -0.2) is 4.98 Å². The van der Waals surface area contributed by atoms with Crippen LogP contribution in [0.25, 0.3) is 11.5 Å². The standard InChI is InChI=1S/C18H15ClN2O2/c1-12-16(21-18(23-12)14-7-3-2-4-8-14)17(22)20-11-13-6-5-9-15(19)10-13/h2-10H,11H2,1H3,(H,20,22). The molecule has 0 bridgehead atoms. The first-order valence-corrected chi connectivity index (χ1v) is 7.57. The van der Waals surface area contributed by atoms with Gasteiger partial charge in [0, 0.05) is 17.1 Å². The largest absolute Gasteiger partial charge is 0.441 e. The molecule has 1 heterocycles. The van der Waals surface area contributed by atoms with Crippen LogP contribution in [0.1, 0.15) is 21.8 Å². The molecule has 0 aliphatic rings. The van der Waals surface area contributed by atoms with Crippen LogP contribution in [-0.2, 0) is 6.54 Å². The van der Waals surface area contributed by atoms with Crippen LogP contribution < -0.4 is 5.32 Å². The molecule has 0 saturated carbocycles. The molecule has 0 aliphatic heterocycles. The number of oxazole rings is 1. The number of nitrogens with zero attached hydrogens (tertiary/aromatic N) is 1. The second-order valence-corrected chi connectivity index (χ2v) is 5.54. The fraction of sp³-hybridized carbons (Fsp3) is 0.111. The number of halogens is 1. The third-order valence-corrected chi connectivity index (χ3v) is 3.61. The van der Waals surface area contributed by atoms with Crippen molar-refractivity contribution in [2.45, 2.75) is 13.5 Å². The molecule has 3 aromatic rings. The van der Waals surface area contributed by atoms with Gasteiger partial charge < -0.3 is 9.73 Å². The minimum absolute atomic E-state index is 0.270. The summed E-state index contributed by atoms with van der Waals surface area (Å²) in [6.07, 6.45) is 0. The number of rotatable bonds is 4. The highest BCUT2D eigenvalue weighted by atomic mass is 35.5. The normalized spacial score (nSPS) is 10.5. The molecule has 1 N–H and O–H groups in total.